The van der Waals surface area contributed by atoms with Crippen molar-refractivity contribution in [1.82, 2.24) is 0 Å². The first-order chi connectivity index (χ1) is 15.5. The number of carbonyl (C=O) groups is 1. The highest BCUT2D eigenvalue weighted by molar-refractivity contribution is 5.76. The van der Waals surface area contributed by atoms with E-state index in [9.17, 15) is 18.0 Å². The van der Waals surface area contributed by atoms with Gasteiger partial charge in [0.15, 0.2) is 5.79 Å². The van der Waals surface area contributed by atoms with Crippen LogP contribution in [0.2, 0.25) is 0 Å². The lowest BCUT2D eigenvalue weighted by atomic mass is 9.44. The highest BCUT2D eigenvalue weighted by Crippen LogP contribution is 2.68. The number of hydrogen-bond donors (Lipinski definition) is 0. The second-order valence-electron chi connectivity index (χ2n) is 10.1. The predicted octanol–water partition coefficient (Wildman–Crippen LogP) is 5.83. The lowest BCUT2D eigenvalue weighted by Crippen LogP contribution is -2.63. The Kier molecular flexibility index (Phi) is 6.23. The van der Waals surface area contributed by atoms with E-state index in [-0.39, 0.29) is 11.8 Å². The summed E-state index contributed by atoms with van der Waals surface area (Å²) in [6, 6.07) is 6.86. The molecule has 1 spiro atoms. The number of hydrogen-bond acceptors (Lipinski definition) is 5. The van der Waals surface area contributed by atoms with Crippen LogP contribution >= 0.6 is 0 Å². The monoisotopic (exact) mass is 470 g/mol. The topological polar surface area (TPSA) is 54.0 Å². The van der Waals surface area contributed by atoms with Crippen molar-refractivity contribution in [3.05, 3.63) is 29.8 Å². The summed E-state index contributed by atoms with van der Waals surface area (Å²) >= 11 is 0. The van der Waals surface area contributed by atoms with Crippen molar-refractivity contribution < 1.29 is 36.9 Å². The van der Waals surface area contributed by atoms with Gasteiger partial charge in [0, 0.05) is 22.8 Å². The van der Waals surface area contributed by atoms with Crippen LogP contribution in [0.4, 0.5) is 13.2 Å². The molecule has 8 heteroatoms. The summed E-state index contributed by atoms with van der Waals surface area (Å²) < 4.78 is 63.5. The van der Waals surface area contributed by atoms with E-state index in [1.54, 1.807) is 24.3 Å². The van der Waals surface area contributed by atoms with Crippen molar-refractivity contribution in [2.24, 2.45) is 22.7 Å². The van der Waals surface area contributed by atoms with Gasteiger partial charge in [-0.15, -0.1) is 0 Å². The number of alkyl halides is 3. The van der Waals surface area contributed by atoms with Crippen molar-refractivity contribution in [2.75, 3.05) is 20.3 Å². The zero-order valence-electron chi connectivity index (χ0n) is 19.7. The number of methoxy groups -OCH3 is 1. The number of esters is 1. The fourth-order valence-corrected chi connectivity index (χ4v) is 6.89. The number of rotatable bonds is 4. The number of fused-ring (bicyclic) bond motifs is 2. The van der Waals surface area contributed by atoms with Gasteiger partial charge in [0.1, 0.15) is 11.9 Å². The van der Waals surface area contributed by atoms with Crippen LogP contribution in [-0.4, -0.2) is 38.3 Å². The maximum absolute atomic E-state index is 13.4. The average molecular weight is 471 g/mol. The number of ether oxygens (including phenoxy) is 4. The van der Waals surface area contributed by atoms with Crippen molar-refractivity contribution in [3.8, 4) is 5.75 Å². The summed E-state index contributed by atoms with van der Waals surface area (Å²) in [5.74, 6) is -2.63. The molecule has 1 aromatic rings. The quantitative estimate of drug-likeness (QED) is 0.519. The SMILES string of the molecule is COc1ccccc1C(OC(=O)C(F)(F)F)[C@]1(C)[C@@H](C)CC[C@]2(C)[C@H]1CCCC21OCCO1. The van der Waals surface area contributed by atoms with E-state index < -0.39 is 34.9 Å². The lowest BCUT2D eigenvalue weighted by molar-refractivity contribution is -0.307. The maximum Gasteiger partial charge on any atom is 0.490 e. The second-order valence-corrected chi connectivity index (χ2v) is 10.1. The van der Waals surface area contributed by atoms with Crippen LogP contribution in [-0.2, 0) is 19.0 Å². The first-order valence-electron chi connectivity index (χ1n) is 11.7. The molecular formula is C25H33F3O5. The molecule has 184 valence electrons. The van der Waals surface area contributed by atoms with Gasteiger partial charge in [-0.1, -0.05) is 39.0 Å². The molecular weight excluding hydrogens is 437 g/mol. The first-order valence-corrected chi connectivity index (χ1v) is 11.7. The third-order valence-electron chi connectivity index (χ3n) is 8.74. The molecule has 1 saturated heterocycles. The van der Waals surface area contributed by atoms with E-state index in [0.29, 0.717) is 24.5 Å². The van der Waals surface area contributed by atoms with Crippen LogP contribution < -0.4 is 4.74 Å². The zero-order chi connectivity index (χ0) is 24.1. The van der Waals surface area contributed by atoms with Gasteiger partial charge in [0.2, 0.25) is 0 Å². The fourth-order valence-electron chi connectivity index (χ4n) is 6.89. The Morgan fingerprint density at radius 2 is 1.79 bits per heavy atom. The summed E-state index contributed by atoms with van der Waals surface area (Å²) in [5, 5.41) is 0. The van der Waals surface area contributed by atoms with Crippen LogP contribution in [0.15, 0.2) is 24.3 Å². The Hall–Kier alpha value is -1.80. The summed E-state index contributed by atoms with van der Waals surface area (Å²) in [7, 11) is 1.47. The minimum absolute atomic E-state index is 0.0110. The third-order valence-corrected chi connectivity index (χ3v) is 8.74. The number of halogens is 3. The molecule has 3 aliphatic rings. The minimum Gasteiger partial charge on any atom is -0.496 e. The maximum atomic E-state index is 13.4. The summed E-state index contributed by atoms with van der Waals surface area (Å²) in [6.45, 7) is 7.16. The molecule has 3 fully saturated rings. The normalized spacial score (nSPS) is 34.5. The molecule has 0 radical (unpaired) electrons. The summed E-state index contributed by atoms with van der Waals surface area (Å²) in [6.07, 6.45) is -2.27. The molecule has 1 aliphatic heterocycles. The molecule has 1 aromatic carbocycles. The van der Waals surface area contributed by atoms with E-state index in [2.05, 4.69) is 6.92 Å². The Balaban J connectivity index is 1.86. The Morgan fingerprint density at radius 3 is 2.42 bits per heavy atom. The van der Waals surface area contributed by atoms with Crippen LogP contribution in [0.25, 0.3) is 0 Å². The van der Waals surface area contributed by atoms with Crippen LogP contribution in [0.5, 0.6) is 5.75 Å². The van der Waals surface area contributed by atoms with Gasteiger partial charge in [0.05, 0.1) is 20.3 Å². The molecule has 4 rings (SSSR count). The molecule has 2 saturated carbocycles. The van der Waals surface area contributed by atoms with Crippen LogP contribution in [0.1, 0.15) is 64.5 Å². The molecule has 5 nitrogen and oxygen atoms in total. The van der Waals surface area contributed by atoms with Crippen molar-refractivity contribution in [3.63, 3.8) is 0 Å². The minimum atomic E-state index is -5.09. The van der Waals surface area contributed by atoms with E-state index in [0.717, 1.165) is 32.1 Å². The third kappa shape index (κ3) is 3.73. The Labute approximate surface area is 192 Å². The van der Waals surface area contributed by atoms with Crippen molar-refractivity contribution in [1.29, 1.82) is 0 Å². The van der Waals surface area contributed by atoms with Crippen LogP contribution in [0.3, 0.4) is 0 Å². The first kappa shape index (κ1) is 24.3. The van der Waals surface area contributed by atoms with E-state index in [4.69, 9.17) is 18.9 Å². The van der Waals surface area contributed by atoms with Gasteiger partial charge in [0.25, 0.3) is 0 Å². The number of benzene rings is 1. The van der Waals surface area contributed by atoms with E-state index >= 15 is 0 Å². The van der Waals surface area contributed by atoms with Crippen LogP contribution in [0, 0.1) is 22.7 Å². The Morgan fingerprint density at radius 1 is 1.12 bits per heavy atom. The largest absolute Gasteiger partial charge is 0.496 e. The van der Waals surface area contributed by atoms with Gasteiger partial charge in [-0.3, -0.25) is 0 Å². The molecule has 1 unspecified atom stereocenters. The van der Waals surface area contributed by atoms with E-state index in [1.165, 1.54) is 7.11 Å². The van der Waals surface area contributed by atoms with Gasteiger partial charge in [-0.25, -0.2) is 4.79 Å². The van der Waals surface area contributed by atoms with E-state index in [1.807, 2.05) is 13.8 Å². The average Bonchev–Trinajstić information content (AvgIpc) is 3.26. The molecule has 0 N–H and O–H groups in total. The summed E-state index contributed by atoms with van der Waals surface area (Å²) in [5.41, 5.74) is -0.775. The number of para-hydroxylation sites is 1. The lowest BCUT2D eigenvalue weighted by Gasteiger charge is -2.64. The standard InChI is InChI=1S/C25H33F3O5/c1-16-11-13-22(2)19(10-7-12-24(22)31-14-15-32-24)23(16,3)20(33-21(29)25(26,27)28)17-8-5-6-9-18(17)30-4/h5-6,8-9,16,19-20H,7,10-15H2,1-4H3/t16-,19+,20?,22+,23+/m0/s1. The van der Waals surface area contributed by atoms with Gasteiger partial charge in [-0.2, -0.15) is 13.2 Å². The highest BCUT2D eigenvalue weighted by atomic mass is 19.4. The van der Waals surface area contributed by atoms with Crippen molar-refractivity contribution in [2.45, 2.75) is 70.9 Å². The molecule has 2 aliphatic carbocycles. The zero-order valence-corrected chi connectivity index (χ0v) is 19.7. The highest BCUT2D eigenvalue weighted by Gasteiger charge is 2.67. The number of carbonyl (C=O) groups excluding carboxylic acids is 1. The molecule has 5 atom stereocenters. The van der Waals surface area contributed by atoms with Gasteiger partial charge < -0.3 is 18.9 Å². The molecule has 33 heavy (non-hydrogen) atoms. The second kappa shape index (κ2) is 8.45. The fraction of sp³-hybridized carbons (Fsp3) is 0.720. The summed E-state index contributed by atoms with van der Waals surface area (Å²) in [4.78, 5) is 12.2. The molecule has 0 bridgehead atoms. The van der Waals surface area contributed by atoms with Gasteiger partial charge in [-0.05, 0) is 43.6 Å². The smallest absolute Gasteiger partial charge is 0.490 e. The predicted molar refractivity (Wildman–Crippen MR) is 114 cm³/mol. The van der Waals surface area contributed by atoms with Gasteiger partial charge >= 0.3 is 12.1 Å². The Bertz CT molecular complexity index is 881. The molecule has 0 amide bonds. The molecule has 1 heterocycles. The molecule has 0 aromatic heterocycles. The van der Waals surface area contributed by atoms with Crippen molar-refractivity contribution >= 4 is 5.97 Å².